The summed E-state index contributed by atoms with van der Waals surface area (Å²) < 4.78 is 10.8. The Labute approximate surface area is 178 Å². The lowest BCUT2D eigenvalue weighted by molar-refractivity contribution is 0.355. The van der Waals surface area contributed by atoms with Crippen LogP contribution < -0.4 is 14.8 Å². The van der Waals surface area contributed by atoms with Gasteiger partial charge < -0.3 is 19.7 Å². The van der Waals surface area contributed by atoms with Crippen LogP contribution in [0.2, 0.25) is 0 Å². The number of hydrogen-bond acceptors (Lipinski definition) is 5. The average molecular weight is 404 g/mol. The number of aliphatic imine (C=N–C) groups is 1. The molecule has 1 atom stereocenters. The third-order valence-electron chi connectivity index (χ3n) is 5.63. The molecule has 0 fully saturated rings. The number of methoxy groups -OCH3 is 2. The summed E-state index contributed by atoms with van der Waals surface area (Å²) in [6.45, 7) is 5.39. The fraction of sp³-hybridized carbons (Fsp3) is 0.320. The summed E-state index contributed by atoms with van der Waals surface area (Å²) in [7, 11) is 3.29. The smallest absolute Gasteiger partial charge is 0.162 e. The van der Waals surface area contributed by atoms with Gasteiger partial charge in [-0.3, -0.25) is 0 Å². The van der Waals surface area contributed by atoms with Crippen molar-refractivity contribution in [2.45, 2.75) is 26.7 Å². The van der Waals surface area contributed by atoms with Gasteiger partial charge in [-0.2, -0.15) is 0 Å². The Morgan fingerprint density at radius 2 is 1.80 bits per heavy atom. The number of nitrogens with one attached hydrogen (secondary N) is 1. The minimum Gasteiger partial charge on any atom is -0.493 e. The highest BCUT2D eigenvalue weighted by Crippen LogP contribution is 2.33. The van der Waals surface area contributed by atoms with Crippen LogP contribution in [0, 0.1) is 12.8 Å². The number of allylic oxidation sites excluding steroid dienone is 1. The van der Waals surface area contributed by atoms with E-state index < -0.39 is 0 Å². The van der Waals surface area contributed by atoms with Crippen LogP contribution in [-0.2, 0) is 0 Å². The average Bonchev–Trinajstić information content (AvgIpc) is 2.96. The third kappa shape index (κ3) is 4.20. The summed E-state index contributed by atoms with van der Waals surface area (Å²) in [5.41, 5.74) is 5.36. The SMILES string of the molecule is COc1ccc(NC2=NC(c3ccc(C)cc3)=CN3CCC(C)CC=C23)cc1OC. The molecule has 5 nitrogen and oxygen atoms in total. The number of nitrogens with zero attached hydrogens (tertiary/aromatic N) is 2. The first-order chi connectivity index (χ1) is 14.6. The number of anilines is 1. The molecule has 1 N–H and O–H groups in total. The summed E-state index contributed by atoms with van der Waals surface area (Å²) in [5.74, 6) is 2.91. The summed E-state index contributed by atoms with van der Waals surface area (Å²) in [6, 6.07) is 14.4. The van der Waals surface area contributed by atoms with Gasteiger partial charge in [-0.15, -0.1) is 0 Å². The molecular formula is C25H29N3O2. The molecule has 0 amide bonds. The Kier molecular flexibility index (Phi) is 5.79. The molecule has 156 valence electrons. The van der Waals surface area contributed by atoms with Crippen LogP contribution in [0.3, 0.4) is 0 Å². The lowest BCUT2D eigenvalue weighted by Gasteiger charge is -2.29. The van der Waals surface area contributed by atoms with E-state index in [2.05, 4.69) is 60.6 Å². The van der Waals surface area contributed by atoms with E-state index in [9.17, 15) is 0 Å². The molecule has 2 aliphatic heterocycles. The number of hydrogen-bond donors (Lipinski definition) is 1. The van der Waals surface area contributed by atoms with E-state index in [0.717, 1.165) is 47.9 Å². The number of rotatable bonds is 4. The maximum atomic E-state index is 5.47. The van der Waals surface area contributed by atoms with Crippen molar-refractivity contribution in [2.75, 3.05) is 26.1 Å². The molecule has 0 aliphatic carbocycles. The normalized spacial score (nSPS) is 18.5. The molecule has 30 heavy (non-hydrogen) atoms. The molecular weight excluding hydrogens is 374 g/mol. The number of amidine groups is 1. The fourth-order valence-electron chi connectivity index (χ4n) is 3.75. The molecule has 5 heteroatoms. The number of aryl methyl sites for hydroxylation is 1. The van der Waals surface area contributed by atoms with Crippen LogP contribution >= 0.6 is 0 Å². The van der Waals surface area contributed by atoms with E-state index >= 15 is 0 Å². The van der Waals surface area contributed by atoms with Crippen molar-refractivity contribution in [3.05, 3.63) is 71.6 Å². The molecule has 0 bridgehead atoms. The lowest BCUT2D eigenvalue weighted by atomic mass is 10.1. The van der Waals surface area contributed by atoms with Crippen molar-refractivity contribution >= 4 is 17.2 Å². The number of benzene rings is 2. The van der Waals surface area contributed by atoms with Gasteiger partial charge in [0.05, 0.1) is 25.6 Å². The standard InChI is InChI=1S/C25H29N3O2/c1-17-5-8-19(9-6-17)21-16-28-14-13-18(2)7-11-22(28)25(27-21)26-20-10-12-23(29-3)24(15-20)30-4/h5-6,8-12,15-16,18H,7,13-14H2,1-4H3,(H,26,27). The highest BCUT2D eigenvalue weighted by molar-refractivity contribution is 6.11. The molecule has 0 radical (unpaired) electrons. The van der Waals surface area contributed by atoms with Crippen molar-refractivity contribution in [2.24, 2.45) is 10.9 Å². The van der Waals surface area contributed by atoms with Gasteiger partial charge in [-0.1, -0.05) is 42.8 Å². The number of fused-ring (bicyclic) bond motifs is 1. The quantitative estimate of drug-likeness (QED) is 0.737. The van der Waals surface area contributed by atoms with E-state index in [0.29, 0.717) is 17.4 Å². The zero-order valence-corrected chi connectivity index (χ0v) is 18.1. The Balaban J connectivity index is 1.72. The minimum atomic E-state index is 0.654. The summed E-state index contributed by atoms with van der Waals surface area (Å²) in [6.07, 6.45) is 6.68. The molecule has 0 saturated heterocycles. The molecule has 1 unspecified atom stereocenters. The van der Waals surface area contributed by atoms with E-state index in [1.54, 1.807) is 14.2 Å². The highest BCUT2D eigenvalue weighted by atomic mass is 16.5. The molecule has 2 aromatic rings. The zero-order chi connectivity index (χ0) is 21.1. The van der Waals surface area contributed by atoms with Crippen LogP contribution in [0.15, 0.2) is 65.4 Å². The van der Waals surface area contributed by atoms with E-state index in [1.165, 1.54) is 5.56 Å². The van der Waals surface area contributed by atoms with E-state index in [-0.39, 0.29) is 0 Å². The van der Waals surface area contributed by atoms with Crippen molar-refractivity contribution in [1.29, 1.82) is 0 Å². The first-order valence-corrected chi connectivity index (χ1v) is 10.4. The largest absolute Gasteiger partial charge is 0.493 e. The Morgan fingerprint density at radius 3 is 2.53 bits per heavy atom. The first-order valence-electron chi connectivity index (χ1n) is 10.4. The van der Waals surface area contributed by atoms with Gasteiger partial charge in [0.25, 0.3) is 0 Å². The minimum absolute atomic E-state index is 0.654. The second kappa shape index (κ2) is 8.66. The van der Waals surface area contributed by atoms with Crippen molar-refractivity contribution in [3.8, 4) is 11.5 Å². The Bertz CT molecular complexity index is 1010. The first kappa shape index (κ1) is 20.1. The van der Waals surface area contributed by atoms with Crippen LogP contribution in [0.1, 0.15) is 30.9 Å². The van der Waals surface area contributed by atoms with Gasteiger partial charge in [0.2, 0.25) is 0 Å². The van der Waals surface area contributed by atoms with Crippen LogP contribution in [-0.4, -0.2) is 31.5 Å². The topological polar surface area (TPSA) is 46.1 Å². The highest BCUT2D eigenvalue weighted by Gasteiger charge is 2.24. The summed E-state index contributed by atoms with van der Waals surface area (Å²) in [4.78, 5) is 7.34. The van der Waals surface area contributed by atoms with Crippen molar-refractivity contribution in [1.82, 2.24) is 4.90 Å². The molecule has 4 rings (SSSR count). The molecule has 2 aliphatic rings. The Morgan fingerprint density at radius 1 is 1.03 bits per heavy atom. The predicted octanol–water partition coefficient (Wildman–Crippen LogP) is 5.45. The van der Waals surface area contributed by atoms with Gasteiger partial charge in [-0.25, -0.2) is 4.99 Å². The van der Waals surface area contributed by atoms with Gasteiger partial charge in [-0.05, 0) is 37.8 Å². The van der Waals surface area contributed by atoms with Gasteiger partial charge in [0.1, 0.15) is 0 Å². The van der Waals surface area contributed by atoms with Crippen molar-refractivity contribution in [3.63, 3.8) is 0 Å². The van der Waals surface area contributed by atoms with E-state index in [1.807, 2.05) is 18.2 Å². The van der Waals surface area contributed by atoms with Crippen LogP contribution in [0.5, 0.6) is 11.5 Å². The van der Waals surface area contributed by atoms with Crippen LogP contribution in [0.25, 0.3) is 5.70 Å². The van der Waals surface area contributed by atoms with E-state index in [4.69, 9.17) is 14.5 Å². The summed E-state index contributed by atoms with van der Waals surface area (Å²) >= 11 is 0. The summed E-state index contributed by atoms with van der Waals surface area (Å²) in [5, 5.41) is 3.52. The van der Waals surface area contributed by atoms with Gasteiger partial charge in [0.15, 0.2) is 17.3 Å². The second-order valence-corrected chi connectivity index (χ2v) is 7.95. The maximum Gasteiger partial charge on any atom is 0.162 e. The molecule has 0 aromatic heterocycles. The molecule has 0 spiro atoms. The van der Waals surface area contributed by atoms with Gasteiger partial charge >= 0.3 is 0 Å². The van der Waals surface area contributed by atoms with Gasteiger partial charge in [0, 0.05) is 30.1 Å². The molecule has 0 saturated carbocycles. The van der Waals surface area contributed by atoms with Crippen molar-refractivity contribution < 1.29 is 9.47 Å². The fourth-order valence-corrected chi connectivity index (χ4v) is 3.75. The second-order valence-electron chi connectivity index (χ2n) is 7.95. The molecule has 2 heterocycles. The third-order valence-corrected chi connectivity index (χ3v) is 5.63. The molecule has 2 aromatic carbocycles. The lowest BCUT2D eigenvalue weighted by Crippen LogP contribution is -2.30. The predicted molar refractivity (Wildman–Crippen MR) is 123 cm³/mol. The van der Waals surface area contributed by atoms with Crippen LogP contribution in [0.4, 0.5) is 5.69 Å². The monoisotopic (exact) mass is 403 g/mol. The maximum absolute atomic E-state index is 5.47. The Hall–Kier alpha value is -3.21. The number of ether oxygens (including phenoxy) is 2. The zero-order valence-electron chi connectivity index (χ0n) is 18.1.